The highest BCUT2D eigenvalue weighted by molar-refractivity contribution is 14.1. The molecule has 0 aliphatic rings. The maximum Gasteiger partial charge on any atom is 0.338 e. The molecule has 0 N–H and O–H groups in total. The summed E-state index contributed by atoms with van der Waals surface area (Å²) >= 11 is 2.12. The summed E-state index contributed by atoms with van der Waals surface area (Å²) in [6.45, 7) is 3.55. The van der Waals surface area contributed by atoms with Gasteiger partial charge < -0.3 is 14.2 Å². The summed E-state index contributed by atoms with van der Waals surface area (Å²) in [5, 5.41) is 0. The lowest BCUT2D eigenvalue weighted by molar-refractivity contribution is 0.0313. The molecule has 19 heavy (non-hydrogen) atoms. The minimum Gasteiger partial charge on any atom is -0.496 e. The highest BCUT2D eigenvalue weighted by atomic mass is 127. The Morgan fingerprint density at radius 2 is 2.05 bits per heavy atom. The number of esters is 1. The molecule has 5 heteroatoms. The Labute approximate surface area is 127 Å². The van der Waals surface area contributed by atoms with E-state index in [4.69, 9.17) is 14.2 Å². The fourth-order valence-corrected chi connectivity index (χ4v) is 2.15. The zero-order valence-corrected chi connectivity index (χ0v) is 13.4. The average molecular weight is 378 g/mol. The Balaban J connectivity index is 2.35. The quantitative estimate of drug-likeness (QED) is 0.396. The number of unbranched alkanes of at least 4 members (excludes halogenated alkanes) is 1. The molecule has 0 amide bonds. The van der Waals surface area contributed by atoms with Crippen LogP contribution in [0.5, 0.6) is 5.75 Å². The maximum atomic E-state index is 11.8. The van der Waals surface area contributed by atoms with Crippen molar-refractivity contribution in [2.75, 3.05) is 26.9 Å². The van der Waals surface area contributed by atoms with Crippen molar-refractivity contribution in [3.63, 3.8) is 0 Å². The lowest BCUT2D eigenvalue weighted by atomic mass is 10.2. The van der Waals surface area contributed by atoms with E-state index < -0.39 is 0 Å². The van der Waals surface area contributed by atoms with Crippen molar-refractivity contribution in [1.29, 1.82) is 0 Å². The fourth-order valence-electron chi connectivity index (χ4n) is 1.42. The summed E-state index contributed by atoms with van der Waals surface area (Å²) in [4.78, 5) is 11.8. The summed E-state index contributed by atoms with van der Waals surface area (Å²) in [7, 11) is 1.60. The molecule has 0 aromatic heterocycles. The first-order chi connectivity index (χ1) is 9.19. The highest BCUT2D eigenvalue weighted by Gasteiger charge is 2.09. The number of methoxy groups -OCH3 is 1. The molecule has 0 unspecified atom stereocenters. The molecule has 106 valence electrons. The van der Waals surface area contributed by atoms with Gasteiger partial charge >= 0.3 is 5.97 Å². The van der Waals surface area contributed by atoms with Gasteiger partial charge in [-0.2, -0.15) is 0 Å². The van der Waals surface area contributed by atoms with Crippen molar-refractivity contribution in [3.05, 3.63) is 27.3 Å². The second-order valence-electron chi connectivity index (χ2n) is 3.95. The van der Waals surface area contributed by atoms with Gasteiger partial charge in [0.2, 0.25) is 0 Å². The van der Waals surface area contributed by atoms with Crippen LogP contribution in [0.2, 0.25) is 0 Å². The lowest BCUT2D eigenvalue weighted by Crippen LogP contribution is -2.11. The molecule has 1 rings (SSSR count). The molecule has 1 aromatic rings. The molecule has 4 nitrogen and oxygen atoms in total. The maximum absolute atomic E-state index is 11.8. The van der Waals surface area contributed by atoms with E-state index in [-0.39, 0.29) is 12.6 Å². The molecule has 0 radical (unpaired) electrons. The zero-order chi connectivity index (χ0) is 14.1. The summed E-state index contributed by atoms with van der Waals surface area (Å²) in [6, 6.07) is 5.21. The van der Waals surface area contributed by atoms with Crippen LogP contribution in [-0.2, 0) is 9.47 Å². The van der Waals surface area contributed by atoms with Crippen LogP contribution < -0.4 is 4.74 Å². The summed E-state index contributed by atoms with van der Waals surface area (Å²) in [5.74, 6) is 0.416. The predicted octanol–water partition coefficient (Wildman–Crippen LogP) is 3.27. The van der Waals surface area contributed by atoms with E-state index in [1.165, 1.54) is 0 Å². The number of carbonyl (C=O) groups excluding carboxylic acids is 1. The number of hydrogen-bond donors (Lipinski definition) is 0. The third-order valence-electron chi connectivity index (χ3n) is 2.49. The Morgan fingerprint density at radius 1 is 1.26 bits per heavy atom. The van der Waals surface area contributed by atoms with Gasteiger partial charge in [-0.25, -0.2) is 4.79 Å². The largest absolute Gasteiger partial charge is 0.496 e. The normalized spacial score (nSPS) is 10.3. The smallest absolute Gasteiger partial charge is 0.338 e. The van der Waals surface area contributed by atoms with Gasteiger partial charge in [0.25, 0.3) is 0 Å². The summed E-state index contributed by atoms with van der Waals surface area (Å²) < 4.78 is 16.5. The molecule has 0 bridgehead atoms. The van der Waals surface area contributed by atoms with Gasteiger partial charge in [-0.1, -0.05) is 13.3 Å². The van der Waals surface area contributed by atoms with Crippen molar-refractivity contribution >= 4 is 28.6 Å². The van der Waals surface area contributed by atoms with Gasteiger partial charge in [0.15, 0.2) is 0 Å². The minimum atomic E-state index is -0.334. The molecule has 0 fully saturated rings. The van der Waals surface area contributed by atoms with E-state index in [1.54, 1.807) is 25.3 Å². The van der Waals surface area contributed by atoms with E-state index in [0.29, 0.717) is 18.8 Å². The Morgan fingerprint density at radius 3 is 2.68 bits per heavy atom. The van der Waals surface area contributed by atoms with Gasteiger partial charge in [0, 0.05) is 6.61 Å². The van der Waals surface area contributed by atoms with Gasteiger partial charge in [0.05, 0.1) is 22.9 Å². The van der Waals surface area contributed by atoms with E-state index >= 15 is 0 Å². The molecule has 0 saturated carbocycles. The molecule has 0 aliphatic heterocycles. The van der Waals surface area contributed by atoms with Crippen molar-refractivity contribution in [1.82, 2.24) is 0 Å². The zero-order valence-electron chi connectivity index (χ0n) is 11.3. The van der Waals surface area contributed by atoms with E-state index in [1.807, 2.05) is 0 Å². The van der Waals surface area contributed by atoms with E-state index in [9.17, 15) is 4.79 Å². The molecule has 0 atom stereocenters. The Bertz CT molecular complexity index is 406. The highest BCUT2D eigenvalue weighted by Crippen LogP contribution is 2.21. The number of benzene rings is 1. The van der Waals surface area contributed by atoms with Crippen LogP contribution in [0, 0.1) is 3.57 Å². The molecular weight excluding hydrogens is 359 g/mol. The topological polar surface area (TPSA) is 44.8 Å². The SMILES string of the molecule is CCCCOCCOC(=O)c1ccc(OC)c(I)c1. The Kier molecular flexibility index (Phi) is 7.81. The van der Waals surface area contributed by atoms with Gasteiger partial charge in [-0.15, -0.1) is 0 Å². The number of hydrogen-bond acceptors (Lipinski definition) is 4. The first-order valence-electron chi connectivity index (χ1n) is 6.27. The number of ether oxygens (including phenoxy) is 3. The van der Waals surface area contributed by atoms with Crippen LogP contribution >= 0.6 is 22.6 Å². The molecule has 0 heterocycles. The Hall–Kier alpha value is -0.820. The summed E-state index contributed by atoms with van der Waals surface area (Å²) in [6.07, 6.45) is 2.13. The summed E-state index contributed by atoms with van der Waals surface area (Å²) in [5.41, 5.74) is 0.527. The van der Waals surface area contributed by atoms with Crippen LogP contribution in [0.4, 0.5) is 0 Å². The second kappa shape index (κ2) is 9.14. The van der Waals surface area contributed by atoms with Gasteiger partial charge in [-0.3, -0.25) is 0 Å². The van der Waals surface area contributed by atoms with Crippen molar-refractivity contribution in [3.8, 4) is 5.75 Å². The van der Waals surface area contributed by atoms with Crippen molar-refractivity contribution < 1.29 is 19.0 Å². The molecule has 0 aliphatic carbocycles. The molecular formula is C14H19IO4. The van der Waals surface area contributed by atoms with Gasteiger partial charge in [0.1, 0.15) is 12.4 Å². The van der Waals surface area contributed by atoms with Crippen molar-refractivity contribution in [2.45, 2.75) is 19.8 Å². The van der Waals surface area contributed by atoms with E-state index in [2.05, 4.69) is 29.5 Å². The van der Waals surface area contributed by atoms with Gasteiger partial charge in [-0.05, 0) is 47.2 Å². The molecule has 0 saturated heterocycles. The minimum absolute atomic E-state index is 0.283. The second-order valence-corrected chi connectivity index (χ2v) is 5.11. The van der Waals surface area contributed by atoms with Crippen LogP contribution in [0.25, 0.3) is 0 Å². The van der Waals surface area contributed by atoms with Crippen LogP contribution in [0.15, 0.2) is 18.2 Å². The number of rotatable bonds is 8. The first-order valence-corrected chi connectivity index (χ1v) is 7.35. The van der Waals surface area contributed by atoms with Crippen LogP contribution in [-0.4, -0.2) is 32.9 Å². The lowest BCUT2D eigenvalue weighted by Gasteiger charge is -2.07. The van der Waals surface area contributed by atoms with E-state index in [0.717, 1.165) is 22.2 Å². The number of halogens is 1. The standard InChI is InChI=1S/C14H19IO4/c1-3-4-7-18-8-9-19-14(16)11-5-6-13(17-2)12(15)10-11/h5-6,10H,3-4,7-9H2,1-2H3. The van der Waals surface area contributed by atoms with Crippen LogP contribution in [0.3, 0.4) is 0 Å². The number of carbonyl (C=O) groups is 1. The van der Waals surface area contributed by atoms with Crippen molar-refractivity contribution in [2.24, 2.45) is 0 Å². The van der Waals surface area contributed by atoms with Crippen LogP contribution in [0.1, 0.15) is 30.1 Å². The average Bonchev–Trinajstić information content (AvgIpc) is 2.42. The molecule has 0 spiro atoms. The third-order valence-corrected chi connectivity index (χ3v) is 3.33. The third kappa shape index (κ3) is 5.78. The predicted molar refractivity (Wildman–Crippen MR) is 81.7 cm³/mol. The fraction of sp³-hybridized carbons (Fsp3) is 0.500. The monoisotopic (exact) mass is 378 g/mol. The first kappa shape index (κ1) is 16.2. The molecule has 1 aromatic carbocycles.